The highest BCUT2D eigenvalue weighted by Gasteiger charge is 2.11. The Labute approximate surface area is 156 Å². The van der Waals surface area contributed by atoms with Crippen LogP contribution in [0, 0.1) is 0 Å². The van der Waals surface area contributed by atoms with Crippen molar-refractivity contribution in [2.45, 2.75) is 0 Å². The van der Waals surface area contributed by atoms with Crippen molar-refractivity contribution in [2.24, 2.45) is 0 Å². The third-order valence-electron chi connectivity index (χ3n) is 3.54. The lowest BCUT2D eigenvalue weighted by molar-refractivity contribution is 0.102. The minimum Gasteiger partial charge on any atom is -0.491 e. The van der Waals surface area contributed by atoms with Gasteiger partial charge in [-0.3, -0.25) is 4.79 Å². The maximum atomic E-state index is 12.4. The van der Waals surface area contributed by atoms with Gasteiger partial charge in [0.2, 0.25) is 0 Å². The Morgan fingerprint density at radius 1 is 1.15 bits per heavy atom. The van der Waals surface area contributed by atoms with Gasteiger partial charge in [0.1, 0.15) is 12.4 Å². The summed E-state index contributed by atoms with van der Waals surface area (Å²) in [7, 11) is 1.61. The van der Waals surface area contributed by atoms with Crippen LogP contribution < -0.4 is 10.1 Å². The molecule has 1 amide bonds. The Morgan fingerprint density at radius 3 is 2.81 bits per heavy atom. The summed E-state index contributed by atoms with van der Waals surface area (Å²) in [6, 6.07) is 16.1. The van der Waals surface area contributed by atoms with E-state index in [9.17, 15) is 4.79 Å². The first-order chi connectivity index (χ1) is 12.7. The predicted octanol–water partition coefficient (Wildman–Crippen LogP) is 3.80. The minimum atomic E-state index is -0.306. The van der Waals surface area contributed by atoms with Crippen molar-refractivity contribution in [2.75, 3.05) is 25.6 Å². The fraction of sp³-hybridized carbons (Fsp3) is 0.158. The van der Waals surface area contributed by atoms with Crippen LogP contribution in [0.2, 0.25) is 5.02 Å². The number of carbonyl (C=O) groups excluding carboxylic acids is 1. The SMILES string of the molecule is COCCOc1cccc(NC(=O)c2ccn(-c3cccc(Cl)c3)n2)c1. The van der Waals surface area contributed by atoms with E-state index < -0.39 is 0 Å². The molecule has 7 heteroatoms. The zero-order chi connectivity index (χ0) is 18.4. The zero-order valence-corrected chi connectivity index (χ0v) is 14.9. The van der Waals surface area contributed by atoms with Gasteiger partial charge in [0.25, 0.3) is 5.91 Å². The molecule has 0 atom stereocenters. The second-order valence-electron chi connectivity index (χ2n) is 5.45. The van der Waals surface area contributed by atoms with E-state index >= 15 is 0 Å². The lowest BCUT2D eigenvalue weighted by atomic mass is 10.3. The molecule has 0 aliphatic carbocycles. The van der Waals surface area contributed by atoms with Crippen LogP contribution in [0.4, 0.5) is 5.69 Å². The van der Waals surface area contributed by atoms with Gasteiger partial charge in [-0.2, -0.15) is 5.10 Å². The number of methoxy groups -OCH3 is 1. The van der Waals surface area contributed by atoms with Crippen LogP contribution in [-0.4, -0.2) is 36.0 Å². The number of carbonyl (C=O) groups is 1. The van der Waals surface area contributed by atoms with Crippen LogP contribution in [0.25, 0.3) is 5.69 Å². The number of rotatable bonds is 7. The van der Waals surface area contributed by atoms with Gasteiger partial charge < -0.3 is 14.8 Å². The fourth-order valence-corrected chi connectivity index (χ4v) is 2.49. The fourth-order valence-electron chi connectivity index (χ4n) is 2.31. The molecule has 0 radical (unpaired) electrons. The molecule has 26 heavy (non-hydrogen) atoms. The largest absolute Gasteiger partial charge is 0.491 e. The molecular weight excluding hydrogens is 354 g/mol. The molecule has 1 heterocycles. The average Bonchev–Trinajstić information content (AvgIpc) is 3.13. The molecule has 0 aliphatic heterocycles. The third-order valence-corrected chi connectivity index (χ3v) is 3.78. The normalized spacial score (nSPS) is 10.5. The Morgan fingerprint density at radius 2 is 2.00 bits per heavy atom. The van der Waals surface area contributed by atoms with Crippen molar-refractivity contribution in [3.63, 3.8) is 0 Å². The summed E-state index contributed by atoms with van der Waals surface area (Å²) in [5.41, 5.74) is 1.71. The van der Waals surface area contributed by atoms with E-state index in [-0.39, 0.29) is 5.91 Å². The van der Waals surface area contributed by atoms with Gasteiger partial charge in [0, 0.05) is 30.1 Å². The summed E-state index contributed by atoms with van der Waals surface area (Å²) in [6.07, 6.45) is 1.71. The van der Waals surface area contributed by atoms with Crippen molar-refractivity contribution in [3.8, 4) is 11.4 Å². The van der Waals surface area contributed by atoms with Gasteiger partial charge in [-0.15, -0.1) is 0 Å². The molecule has 0 unspecified atom stereocenters. The average molecular weight is 372 g/mol. The number of hydrogen-bond donors (Lipinski definition) is 1. The smallest absolute Gasteiger partial charge is 0.276 e. The van der Waals surface area contributed by atoms with Crippen molar-refractivity contribution < 1.29 is 14.3 Å². The molecule has 0 aliphatic rings. The number of amides is 1. The number of halogens is 1. The van der Waals surface area contributed by atoms with Crippen LogP contribution in [0.3, 0.4) is 0 Å². The van der Waals surface area contributed by atoms with Crippen LogP contribution in [0.15, 0.2) is 60.8 Å². The Bertz CT molecular complexity index is 895. The topological polar surface area (TPSA) is 65.4 Å². The van der Waals surface area contributed by atoms with E-state index in [1.807, 2.05) is 24.3 Å². The number of hydrogen-bond acceptors (Lipinski definition) is 4. The number of anilines is 1. The highest BCUT2D eigenvalue weighted by atomic mass is 35.5. The number of benzene rings is 2. The number of nitrogens with zero attached hydrogens (tertiary/aromatic N) is 2. The van der Waals surface area contributed by atoms with E-state index in [1.54, 1.807) is 48.3 Å². The first kappa shape index (κ1) is 18.0. The van der Waals surface area contributed by atoms with Crippen LogP contribution in [-0.2, 0) is 4.74 Å². The van der Waals surface area contributed by atoms with E-state index in [1.165, 1.54) is 0 Å². The van der Waals surface area contributed by atoms with Gasteiger partial charge in [-0.1, -0.05) is 23.7 Å². The van der Waals surface area contributed by atoms with Gasteiger partial charge in [0.15, 0.2) is 5.69 Å². The minimum absolute atomic E-state index is 0.302. The summed E-state index contributed by atoms with van der Waals surface area (Å²) >= 11 is 5.99. The van der Waals surface area contributed by atoms with E-state index in [2.05, 4.69) is 10.4 Å². The van der Waals surface area contributed by atoms with E-state index in [0.29, 0.717) is 35.4 Å². The van der Waals surface area contributed by atoms with Crippen LogP contribution in [0.1, 0.15) is 10.5 Å². The third kappa shape index (κ3) is 4.62. The predicted molar refractivity (Wildman–Crippen MR) is 100 cm³/mol. The molecule has 6 nitrogen and oxygen atoms in total. The lowest BCUT2D eigenvalue weighted by Crippen LogP contribution is -2.13. The number of ether oxygens (including phenoxy) is 2. The molecule has 2 aromatic carbocycles. The molecule has 1 aromatic heterocycles. The van der Waals surface area contributed by atoms with Crippen LogP contribution >= 0.6 is 11.6 Å². The monoisotopic (exact) mass is 371 g/mol. The Kier molecular flexibility index (Phi) is 5.88. The highest BCUT2D eigenvalue weighted by molar-refractivity contribution is 6.30. The molecule has 0 spiro atoms. The second-order valence-corrected chi connectivity index (χ2v) is 5.89. The van der Waals surface area contributed by atoms with Gasteiger partial charge in [-0.05, 0) is 36.4 Å². The maximum Gasteiger partial charge on any atom is 0.276 e. The number of aromatic nitrogens is 2. The van der Waals surface area contributed by atoms with Crippen molar-refractivity contribution in [1.29, 1.82) is 0 Å². The first-order valence-electron chi connectivity index (χ1n) is 8.00. The highest BCUT2D eigenvalue weighted by Crippen LogP contribution is 2.18. The maximum absolute atomic E-state index is 12.4. The summed E-state index contributed by atoms with van der Waals surface area (Å²) in [5.74, 6) is 0.351. The summed E-state index contributed by atoms with van der Waals surface area (Å²) in [6.45, 7) is 0.940. The molecule has 3 aromatic rings. The van der Waals surface area contributed by atoms with Gasteiger partial charge in [0.05, 0.1) is 12.3 Å². The van der Waals surface area contributed by atoms with Crippen molar-refractivity contribution in [3.05, 3.63) is 71.5 Å². The zero-order valence-electron chi connectivity index (χ0n) is 14.2. The van der Waals surface area contributed by atoms with E-state index in [4.69, 9.17) is 21.1 Å². The Balaban J connectivity index is 1.68. The standard InChI is InChI=1S/C19H18ClN3O3/c1-25-10-11-26-17-7-3-5-15(13-17)21-19(24)18-8-9-23(22-18)16-6-2-4-14(20)12-16/h2-9,12-13H,10-11H2,1H3,(H,21,24). The quantitative estimate of drug-likeness (QED) is 0.641. The van der Waals surface area contributed by atoms with Crippen LogP contribution in [0.5, 0.6) is 5.75 Å². The molecule has 0 bridgehead atoms. The molecule has 134 valence electrons. The van der Waals surface area contributed by atoms with Crippen molar-refractivity contribution >= 4 is 23.2 Å². The van der Waals surface area contributed by atoms with E-state index in [0.717, 1.165) is 5.69 Å². The lowest BCUT2D eigenvalue weighted by Gasteiger charge is -2.08. The molecule has 1 N–H and O–H groups in total. The molecule has 0 fully saturated rings. The second kappa shape index (κ2) is 8.51. The first-order valence-corrected chi connectivity index (χ1v) is 8.38. The summed E-state index contributed by atoms with van der Waals surface area (Å²) in [4.78, 5) is 12.4. The van der Waals surface area contributed by atoms with Gasteiger partial charge >= 0.3 is 0 Å². The number of nitrogens with one attached hydrogen (secondary N) is 1. The summed E-state index contributed by atoms with van der Waals surface area (Å²) < 4.78 is 12.1. The van der Waals surface area contributed by atoms with Crippen molar-refractivity contribution in [1.82, 2.24) is 9.78 Å². The van der Waals surface area contributed by atoms with Gasteiger partial charge in [-0.25, -0.2) is 4.68 Å². The summed E-state index contributed by atoms with van der Waals surface area (Å²) in [5, 5.41) is 7.72. The molecular formula is C19H18ClN3O3. The Hall–Kier alpha value is -2.83. The molecule has 3 rings (SSSR count). The molecule has 0 saturated carbocycles. The molecule has 0 saturated heterocycles.